The summed E-state index contributed by atoms with van der Waals surface area (Å²) in [5, 5.41) is 0. The predicted molar refractivity (Wildman–Crippen MR) is 57.0 cm³/mol. The molecule has 1 unspecified atom stereocenters. The predicted octanol–water partition coefficient (Wildman–Crippen LogP) is 2.32. The molecule has 0 radical (unpaired) electrons. The molecule has 0 N–H and O–H groups in total. The second-order valence-corrected chi connectivity index (χ2v) is 4.04. The van der Waals surface area contributed by atoms with E-state index in [1.807, 2.05) is 6.92 Å². The highest BCUT2D eigenvalue weighted by Gasteiger charge is 2.34. The number of ketones is 1. The van der Waals surface area contributed by atoms with Crippen LogP contribution in [-0.2, 0) is 0 Å². The van der Waals surface area contributed by atoms with Crippen LogP contribution < -0.4 is 4.74 Å². The first kappa shape index (κ1) is 10.1. The number of pyridine rings is 1. The van der Waals surface area contributed by atoms with Gasteiger partial charge in [-0.3, -0.25) is 4.79 Å². The van der Waals surface area contributed by atoms with Crippen LogP contribution in [0.3, 0.4) is 0 Å². The van der Waals surface area contributed by atoms with Gasteiger partial charge in [0.05, 0.1) is 7.11 Å². The van der Waals surface area contributed by atoms with Crippen molar-refractivity contribution in [2.75, 3.05) is 7.11 Å². The van der Waals surface area contributed by atoms with Crippen molar-refractivity contribution in [3.05, 3.63) is 24.0 Å². The lowest BCUT2D eigenvalue weighted by Gasteiger charge is -2.10. The van der Waals surface area contributed by atoms with E-state index in [0.717, 1.165) is 0 Å². The van der Waals surface area contributed by atoms with Crippen molar-refractivity contribution in [2.24, 2.45) is 11.8 Å². The van der Waals surface area contributed by atoms with Gasteiger partial charge in [0.15, 0.2) is 5.78 Å². The molecule has 0 aliphatic heterocycles. The normalized spacial score (nSPS) is 17.2. The molecule has 1 fully saturated rings. The molecule has 1 aliphatic carbocycles. The summed E-state index contributed by atoms with van der Waals surface area (Å²) < 4.78 is 5.13. The average molecular weight is 205 g/mol. The molecule has 1 atom stereocenters. The summed E-state index contributed by atoms with van der Waals surface area (Å²) in [7, 11) is 1.57. The van der Waals surface area contributed by atoms with Crippen LogP contribution in [-0.4, -0.2) is 17.9 Å². The van der Waals surface area contributed by atoms with Gasteiger partial charge in [0, 0.05) is 12.1 Å². The summed E-state index contributed by atoms with van der Waals surface area (Å²) in [4.78, 5) is 16.2. The number of nitrogens with zero attached hydrogens (tertiary/aromatic N) is 1. The van der Waals surface area contributed by atoms with Crippen LogP contribution >= 0.6 is 0 Å². The summed E-state index contributed by atoms with van der Waals surface area (Å²) >= 11 is 0. The fourth-order valence-electron chi connectivity index (χ4n) is 1.77. The van der Waals surface area contributed by atoms with Crippen LogP contribution in [0.25, 0.3) is 0 Å². The van der Waals surface area contributed by atoms with Crippen LogP contribution in [0.1, 0.15) is 30.3 Å². The van der Waals surface area contributed by atoms with Gasteiger partial charge in [-0.2, -0.15) is 0 Å². The standard InChI is InChI=1S/C12H15NO2/c1-8(9-5-6-9)12(14)11-10(15-2)4-3-7-13-11/h3-4,7-9H,5-6H2,1-2H3. The molecule has 0 spiro atoms. The summed E-state index contributed by atoms with van der Waals surface area (Å²) in [5.41, 5.74) is 0.472. The topological polar surface area (TPSA) is 39.2 Å². The van der Waals surface area contributed by atoms with Crippen molar-refractivity contribution in [2.45, 2.75) is 19.8 Å². The van der Waals surface area contributed by atoms with Crippen molar-refractivity contribution < 1.29 is 9.53 Å². The highest BCUT2D eigenvalue weighted by Crippen LogP contribution is 2.38. The Morgan fingerprint density at radius 1 is 1.60 bits per heavy atom. The summed E-state index contributed by atoms with van der Waals surface area (Å²) in [5.74, 6) is 1.32. The average Bonchev–Trinajstić information content (AvgIpc) is 3.11. The van der Waals surface area contributed by atoms with E-state index in [4.69, 9.17) is 4.74 Å². The molecular weight excluding hydrogens is 190 g/mol. The zero-order valence-electron chi connectivity index (χ0n) is 9.06. The number of methoxy groups -OCH3 is 1. The molecule has 2 rings (SSSR count). The second-order valence-electron chi connectivity index (χ2n) is 4.04. The smallest absolute Gasteiger partial charge is 0.188 e. The van der Waals surface area contributed by atoms with Crippen LogP contribution in [0.4, 0.5) is 0 Å². The maximum absolute atomic E-state index is 12.1. The molecule has 0 bridgehead atoms. The lowest BCUT2D eigenvalue weighted by molar-refractivity contribution is 0.0907. The summed E-state index contributed by atoms with van der Waals surface area (Å²) in [6.07, 6.45) is 3.97. The first-order valence-electron chi connectivity index (χ1n) is 5.27. The summed E-state index contributed by atoms with van der Waals surface area (Å²) in [6, 6.07) is 3.55. The van der Waals surface area contributed by atoms with Crippen molar-refractivity contribution in [3.63, 3.8) is 0 Å². The van der Waals surface area contributed by atoms with E-state index in [9.17, 15) is 4.79 Å². The number of carbonyl (C=O) groups is 1. The minimum atomic E-state index is 0.0776. The molecule has 3 heteroatoms. The zero-order valence-corrected chi connectivity index (χ0v) is 9.06. The molecule has 1 heterocycles. The van der Waals surface area contributed by atoms with Crippen LogP contribution in [0.5, 0.6) is 5.75 Å². The lowest BCUT2D eigenvalue weighted by atomic mass is 9.98. The Labute approximate surface area is 89.5 Å². The molecule has 1 aromatic heterocycles. The number of hydrogen-bond donors (Lipinski definition) is 0. The van der Waals surface area contributed by atoms with Gasteiger partial charge >= 0.3 is 0 Å². The number of carbonyl (C=O) groups excluding carboxylic acids is 1. The van der Waals surface area contributed by atoms with E-state index in [1.165, 1.54) is 12.8 Å². The number of rotatable bonds is 4. The van der Waals surface area contributed by atoms with E-state index >= 15 is 0 Å². The first-order chi connectivity index (χ1) is 7.24. The number of ether oxygens (including phenoxy) is 1. The van der Waals surface area contributed by atoms with Crippen molar-refractivity contribution in [1.82, 2.24) is 4.98 Å². The second kappa shape index (κ2) is 4.01. The van der Waals surface area contributed by atoms with Gasteiger partial charge in [0.25, 0.3) is 0 Å². The third-order valence-electron chi connectivity index (χ3n) is 2.97. The van der Waals surface area contributed by atoms with Crippen molar-refractivity contribution in [1.29, 1.82) is 0 Å². The van der Waals surface area contributed by atoms with E-state index < -0.39 is 0 Å². The first-order valence-corrected chi connectivity index (χ1v) is 5.27. The Hall–Kier alpha value is -1.38. The van der Waals surface area contributed by atoms with Crippen LogP contribution in [0, 0.1) is 11.8 Å². The van der Waals surface area contributed by atoms with E-state index in [0.29, 0.717) is 17.4 Å². The molecule has 0 saturated heterocycles. The van der Waals surface area contributed by atoms with Crippen molar-refractivity contribution >= 4 is 5.78 Å². The largest absolute Gasteiger partial charge is 0.494 e. The number of aromatic nitrogens is 1. The number of hydrogen-bond acceptors (Lipinski definition) is 3. The molecule has 15 heavy (non-hydrogen) atoms. The maximum Gasteiger partial charge on any atom is 0.188 e. The molecule has 3 nitrogen and oxygen atoms in total. The van der Waals surface area contributed by atoms with E-state index in [1.54, 1.807) is 25.4 Å². The Kier molecular flexibility index (Phi) is 2.71. The molecule has 1 aromatic rings. The zero-order chi connectivity index (χ0) is 10.8. The van der Waals surface area contributed by atoms with E-state index in [2.05, 4.69) is 4.98 Å². The van der Waals surface area contributed by atoms with Gasteiger partial charge in [0.2, 0.25) is 0 Å². The fourth-order valence-corrected chi connectivity index (χ4v) is 1.77. The minimum absolute atomic E-state index is 0.0776. The quantitative estimate of drug-likeness (QED) is 0.708. The van der Waals surface area contributed by atoms with Crippen molar-refractivity contribution in [3.8, 4) is 5.75 Å². The highest BCUT2D eigenvalue weighted by atomic mass is 16.5. The lowest BCUT2D eigenvalue weighted by Crippen LogP contribution is -2.15. The van der Waals surface area contributed by atoms with Gasteiger partial charge in [-0.15, -0.1) is 0 Å². The van der Waals surface area contributed by atoms with Crippen LogP contribution in [0.15, 0.2) is 18.3 Å². The Balaban J connectivity index is 2.23. The molecule has 80 valence electrons. The van der Waals surface area contributed by atoms with E-state index in [-0.39, 0.29) is 11.7 Å². The van der Waals surface area contributed by atoms with Gasteiger partial charge in [-0.05, 0) is 30.9 Å². The molecule has 1 aliphatic rings. The fraction of sp³-hybridized carbons (Fsp3) is 0.500. The maximum atomic E-state index is 12.1. The Morgan fingerprint density at radius 2 is 2.33 bits per heavy atom. The molecular formula is C12H15NO2. The monoisotopic (exact) mass is 205 g/mol. The Bertz CT molecular complexity index is 372. The minimum Gasteiger partial charge on any atom is -0.494 e. The van der Waals surface area contributed by atoms with Crippen LogP contribution in [0.2, 0.25) is 0 Å². The Morgan fingerprint density at radius 3 is 2.93 bits per heavy atom. The molecule has 0 amide bonds. The molecule has 0 aromatic carbocycles. The van der Waals surface area contributed by atoms with Gasteiger partial charge in [-0.25, -0.2) is 4.98 Å². The van der Waals surface area contributed by atoms with Gasteiger partial charge < -0.3 is 4.74 Å². The number of Topliss-reactive ketones (excluding diaryl/α,β-unsaturated/α-hetero) is 1. The third kappa shape index (κ3) is 2.01. The summed E-state index contributed by atoms with van der Waals surface area (Å²) in [6.45, 7) is 1.98. The van der Waals surface area contributed by atoms with Gasteiger partial charge in [0.1, 0.15) is 11.4 Å². The highest BCUT2D eigenvalue weighted by molar-refractivity contribution is 5.98. The SMILES string of the molecule is COc1cccnc1C(=O)C(C)C1CC1. The van der Waals surface area contributed by atoms with Gasteiger partial charge in [-0.1, -0.05) is 6.92 Å². The molecule has 1 saturated carbocycles. The third-order valence-corrected chi connectivity index (χ3v) is 2.97.